The van der Waals surface area contributed by atoms with Crippen molar-refractivity contribution < 1.29 is 4.74 Å². The van der Waals surface area contributed by atoms with Gasteiger partial charge in [0.05, 0.1) is 11.6 Å². The fourth-order valence-electron chi connectivity index (χ4n) is 2.30. The lowest BCUT2D eigenvalue weighted by Gasteiger charge is -2.15. The average molecular weight is 347 g/mol. The van der Waals surface area contributed by atoms with Crippen molar-refractivity contribution in [1.82, 2.24) is 15.6 Å². The molecule has 1 aromatic carbocycles. The number of aryl methyl sites for hydroxylation is 1. The summed E-state index contributed by atoms with van der Waals surface area (Å²) in [6.45, 7) is 6.35. The summed E-state index contributed by atoms with van der Waals surface area (Å²) in [7, 11) is 1.72. The van der Waals surface area contributed by atoms with Crippen molar-refractivity contribution >= 4 is 17.3 Å². The molecule has 0 saturated heterocycles. The van der Waals surface area contributed by atoms with Crippen molar-refractivity contribution in [2.75, 3.05) is 26.7 Å². The number of benzene rings is 1. The second kappa shape index (κ2) is 10.1. The highest BCUT2D eigenvalue weighted by Gasteiger charge is 2.09. The minimum Gasteiger partial charge on any atom is -0.375 e. The number of aliphatic imine (C=N–C) groups is 1. The van der Waals surface area contributed by atoms with Gasteiger partial charge >= 0.3 is 0 Å². The Morgan fingerprint density at radius 1 is 1.29 bits per heavy atom. The normalized spacial score (nSPS) is 12.9. The van der Waals surface area contributed by atoms with Crippen LogP contribution in [0.25, 0.3) is 0 Å². The van der Waals surface area contributed by atoms with Crippen LogP contribution in [0.15, 0.2) is 41.5 Å². The molecule has 0 aliphatic rings. The van der Waals surface area contributed by atoms with Crippen molar-refractivity contribution in [3.63, 3.8) is 0 Å². The first kappa shape index (κ1) is 18.4. The topological polar surface area (TPSA) is 58.5 Å². The molecule has 1 heterocycles. The van der Waals surface area contributed by atoms with Gasteiger partial charge in [0.2, 0.25) is 0 Å². The fourth-order valence-corrected chi connectivity index (χ4v) is 3.09. The van der Waals surface area contributed by atoms with Crippen LogP contribution in [0.2, 0.25) is 0 Å². The second-order valence-electron chi connectivity index (χ2n) is 5.40. The Bertz CT molecular complexity index is 627. The molecule has 1 atom stereocenters. The van der Waals surface area contributed by atoms with Crippen LogP contribution in [0.1, 0.15) is 28.5 Å². The summed E-state index contributed by atoms with van der Waals surface area (Å²) in [6, 6.07) is 10.2. The lowest BCUT2D eigenvalue weighted by atomic mass is 10.1. The van der Waals surface area contributed by atoms with Crippen molar-refractivity contribution in [2.45, 2.75) is 26.4 Å². The number of hydrogen-bond donors (Lipinski definition) is 2. The number of thiazole rings is 1. The molecule has 6 heteroatoms. The van der Waals surface area contributed by atoms with Gasteiger partial charge in [-0.3, -0.25) is 4.99 Å². The predicted molar refractivity (Wildman–Crippen MR) is 101 cm³/mol. The van der Waals surface area contributed by atoms with Crippen LogP contribution in [0, 0.1) is 6.92 Å². The van der Waals surface area contributed by atoms with Gasteiger partial charge in [-0.2, -0.15) is 0 Å². The Hall–Kier alpha value is -1.92. The van der Waals surface area contributed by atoms with Crippen LogP contribution in [-0.4, -0.2) is 37.7 Å². The van der Waals surface area contributed by atoms with E-state index in [4.69, 9.17) is 4.74 Å². The Morgan fingerprint density at radius 3 is 2.71 bits per heavy atom. The van der Waals surface area contributed by atoms with Crippen LogP contribution < -0.4 is 10.6 Å². The zero-order valence-electron chi connectivity index (χ0n) is 14.6. The molecule has 1 unspecified atom stereocenters. The number of guanidine groups is 1. The quantitative estimate of drug-likeness (QED) is 0.570. The van der Waals surface area contributed by atoms with E-state index in [2.05, 4.69) is 46.6 Å². The van der Waals surface area contributed by atoms with E-state index in [-0.39, 0.29) is 6.10 Å². The van der Waals surface area contributed by atoms with Gasteiger partial charge in [-0.1, -0.05) is 30.3 Å². The maximum Gasteiger partial charge on any atom is 0.191 e. The highest BCUT2D eigenvalue weighted by atomic mass is 32.1. The molecule has 0 aliphatic heterocycles. The number of nitrogens with one attached hydrogen (secondary N) is 2. The standard InChI is InChI=1S/C18H26N4OS/c1-4-19-18(20-11-10-17-21-12-14(2)24-17)22-13-16(23-3)15-8-6-5-7-9-15/h5-9,12,16H,4,10-11,13H2,1-3H3,(H2,19,20,22). The Morgan fingerprint density at radius 2 is 2.08 bits per heavy atom. The van der Waals surface area contributed by atoms with Crippen LogP contribution in [0.4, 0.5) is 0 Å². The molecule has 0 fully saturated rings. The van der Waals surface area contributed by atoms with Gasteiger partial charge in [0.1, 0.15) is 6.10 Å². The molecule has 5 nitrogen and oxygen atoms in total. The van der Waals surface area contributed by atoms with Gasteiger partial charge in [0.15, 0.2) is 5.96 Å². The van der Waals surface area contributed by atoms with E-state index in [9.17, 15) is 0 Å². The third-order valence-corrected chi connectivity index (χ3v) is 4.49. The Labute approximate surface area is 148 Å². The number of methoxy groups -OCH3 is 1. The van der Waals surface area contributed by atoms with Gasteiger partial charge in [-0.05, 0) is 19.4 Å². The molecular weight excluding hydrogens is 320 g/mol. The summed E-state index contributed by atoms with van der Waals surface area (Å²) in [5.74, 6) is 0.809. The Kier molecular flexibility index (Phi) is 7.71. The molecule has 24 heavy (non-hydrogen) atoms. The predicted octanol–water partition coefficient (Wildman–Crippen LogP) is 2.94. The van der Waals surface area contributed by atoms with Gasteiger partial charge in [0, 0.05) is 37.7 Å². The monoisotopic (exact) mass is 346 g/mol. The molecule has 2 aromatic rings. The first-order chi connectivity index (χ1) is 11.7. The molecule has 1 aromatic heterocycles. The van der Waals surface area contributed by atoms with Crippen molar-refractivity contribution in [3.8, 4) is 0 Å². The lowest BCUT2D eigenvalue weighted by Crippen LogP contribution is -2.38. The van der Waals surface area contributed by atoms with Crippen LogP contribution in [0.3, 0.4) is 0 Å². The van der Waals surface area contributed by atoms with E-state index in [1.165, 1.54) is 4.88 Å². The van der Waals surface area contributed by atoms with Crippen LogP contribution >= 0.6 is 11.3 Å². The highest BCUT2D eigenvalue weighted by Crippen LogP contribution is 2.16. The first-order valence-electron chi connectivity index (χ1n) is 8.24. The summed E-state index contributed by atoms with van der Waals surface area (Å²) < 4.78 is 5.57. The van der Waals surface area contributed by atoms with E-state index in [0.29, 0.717) is 6.54 Å². The van der Waals surface area contributed by atoms with Gasteiger partial charge in [-0.25, -0.2) is 4.98 Å². The maximum atomic E-state index is 5.57. The maximum absolute atomic E-state index is 5.57. The minimum atomic E-state index is -0.0386. The molecule has 0 spiro atoms. The van der Waals surface area contributed by atoms with Crippen molar-refractivity contribution in [3.05, 3.63) is 52.0 Å². The summed E-state index contributed by atoms with van der Waals surface area (Å²) in [5.41, 5.74) is 1.14. The van der Waals surface area contributed by atoms with Crippen LogP contribution in [-0.2, 0) is 11.2 Å². The zero-order valence-corrected chi connectivity index (χ0v) is 15.4. The minimum absolute atomic E-state index is 0.0386. The van der Waals surface area contributed by atoms with Crippen molar-refractivity contribution in [1.29, 1.82) is 0 Å². The van der Waals surface area contributed by atoms with E-state index >= 15 is 0 Å². The van der Waals surface area contributed by atoms with E-state index in [0.717, 1.165) is 36.0 Å². The number of ether oxygens (including phenoxy) is 1. The smallest absolute Gasteiger partial charge is 0.191 e. The van der Waals surface area contributed by atoms with E-state index in [1.807, 2.05) is 24.4 Å². The van der Waals surface area contributed by atoms with Gasteiger partial charge in [-0.15, -0.1) is 11.3 Å². The third-order valence-electron chi connectivity index (χ3n) is 3.52. The zero-order chi connectivity index (χ0) is 17.2. The number of hydrogen-bond acceptors (Lipinski definition) is 4. The molecule has 130 valence electrons. The average Bonchev–Trinajstić information content (AvgIpc) is 3.01. The fraction of sp³-hybridized carbons (Fsp3) is 0.444. The van der Waals surface area contributed by atoms with Gasteiger partial charge < -0.3 is 15.4 Å². The Balaban J connectivity index is 1.89. The number of rotatable bonds is 8. The number of aromatic nitrogens is 1. The molecule has 0 aliphatic carbocycles. The molecule has 0 amide bonds. The summed E-state index contributed by atoms with van der Waals surface area (Å²) in [6.07, 6.45) is 2.78. The summed E-state index contributed by atoms with van der Waals surface area (Å²) in [5, 5.41) is 7.78. The van der Waals surface area contributed by atoms with Crippen LogP contribution in [0.5, 0.6) is 0 Å². The summed E-state index contributed by atoms with van der Waals surface area (Å²) in [4.78, 5) is 10.3. The van der Waals surface area contributed by atoms with Gasteiger partial charge in [0.25, 0.3) is 0 Å². The van der Waals surface area contributed by atoms with Crippen molar-refractivity contribution in [2.24, 2.45) is 4.99 Å². The molecular formula is C18H26N4OS. The molecule has 2 rings (SSSR count). The summed E-state index contributed by atoms with van der Waals surface area (Å²) >= 11 is 1.74. The molecule has 0 saturated carbocycles. The molecule has 0 bridgehead atoms. The molecule has 0 radical (unpaired) electrons. The number of nitrogens with zero attached hydrogens (tertiary/aromatic N) is 2. The van der Waals surface area contributed by atoms with E-state index < -0.39 is 0 Å². The first-order valence-corrected chi connectivity index (χ1v) is 9.05. The second-order valence-corrected chi connectivity index (χ2v) is 6.72. The third kappa shape index (κ3) is 5.94. The molecule has 2 N–H and O–H groups in total. The highest BCUT2D eigenvalue weighted by molar-refractivity contribution is 7.11. The van der Waals surface area contributed by atoms with E-state index in [1.54, 1.807) is 18.4 Å². The largest absolute Gasteiger partial charge is 0.375 e. The lowest BCUT2D eigenvalue weighted by molar-refractivity contribution is 0.111. The SMILES string of the molecule is CCNC(=NCC(OC)c1ccccc1)NCCc1ncc(C)s1.